The summed E-state index contributed by atoms with van der Waals surface area (Å²) in [6.07, 6.45) is 0. The van der Waals surface area contributed by atoms with Gasteiger partial charge in [-0.25, -0.2) is 9.59 Å². The first kappa shape index (κ1) is 20.1. The molecule has 0 saturated heterocycles. The number of ether oxygens (including phenoxy) is 1. The largest absolute Gasteiger partial charge is 0.465 e. The van der Waals surface area contributed by atoms with Crippen molar-refractivity contribution in [3.63, 3.8) is 0 Å². The molecular weight excluding hydrogens is 394 g/mol. The van der Waals surface area contributed by atoms with E-state index >= 15 is 0 Å². The molecule has 0 bridgehead atoms. The number of rotatable bonds is 4. The number of carbonyl (C=O) groups excluding carboxylic acids is 2. The van der Waals surface area contributed by atoms with Crippen LogP contribution < -0.4 is 10.9 Å². The Balaban J connectivity index is 1.89. The van der Waals surface area contributed by atoms with Crippen molar-refractivity contribution in [2.75, 3.05) is 12.4 Å². The summed E-state index contributed by atoms with van der Waals surface area (Å²) >= 11 is 0. The standard InChI is InChI=1S/C25H19NO5/c1-15-11-13-16(14-12-15)21-17-7-3-4-8-18(17)25(29)31-22(21)23(27)26-20-10-6-5-9-19(20)24(28)30-2/h3-14H,1-2H3,(H,26,27). The third-order valence-corrected chi connectivity index (χ3v) is 4.97. The highest BCUT2D eigenvalue weighted by Crippen LogP contribution is 2.31. The molecule has 0 fully saturated rings. The molecule has 0 unspecified atom stereocenters. The molecular formula is C25H19NO5. The van der Waals surface area contributed by atoms with Gasteiger partial charge in [-0.05, 0) is 30.7 Å². The molecule has 1 N–H and O–H groups in total. The minimum atomic E-state index is -0.644. The Hall–Kier alpha value is -4.19. The molecule has 1 heterocycles. The summed E-state index contributed by atoms with van der Waals surface area (Å²) in [6, 6.07) is 21.0. The van der Waals surface area contributed by atoms with Gasteiger partial charge in [-0.3, -0.25) is 4.79 Å². The second-order valence-corrected chi connectivity index (χ2v) is 7.00. The highest BCUT2D eigenvalue weighted by Gasteiger charge is 2.23. The molecule has 154 valence electrons. The Bertz CT molecular complexity index is 1350. The van der Waals surface area contributed by atoms with E-state index in [-0.39, 0.29) is 17.0 Å². The van der Waals surface area contributed by atoms with Crippen molar-refractivity contribution in [3.8, 4) is 11.1 Å². The van der Waals surface area contributed by atoms with Gasteiger partial charge in [0.25, 0.3) is 5.91 Å². The lowest BCUT2D eigenvalue weighted by Crippen LogP contribution is -2.18. The fourth-order valence-electron chi connectivity index (χ4n) is 3.43. The van der Waals surface area contributed by atoms with Gasteiger partial charge in [0.15, 0.2) is 0 Å². The summed E-state index contributed by atoms with van der Waals surface area (Å²) in [5, 5.41) is 3.67. The number of benzene rings is 3. The van der Waals surface area contributed by atoms with E-state index in [2.05, 4.69) is 5.32 Å². The van der Waals surface area contributed by atoms with Crippen LogP contribution in [0.1, 0.15) is 26.5 Å². The van der Waals surface area contributed by atoms with Crippen molar-refractivity contribution in [3.05, 3.63) is 100 Å². The van der Waals surface area contributed by atoms with Gasteiger partial charge in [0, 0.05) is 10.9 Å². The van der Waals surface area contributed by atoms with Gasteiger partial charge < -0.3 is 14.5 Å². The van der Waals surface area contributed by atoms with Crippen molar-refractivity contribution < 1.29 is 18.7 Å². The van der Waals surface area contributed by atoms with E-state index in [1.54, 1.807) is 48.5 Å². The highest BCUT2D eigenvalue weighted by molar-refractivity contribution is 6.13. The lowest BCUT2D eigenvalue weighted by Gasteiger charge is -2.13. The summed E-state index contributed by atoms with van der Waals surface area (Å²) in [7, 11) is 1.26. The third-order valence-electron chi connectivity index (χ3n) is 4.97. The van der Waals surface area contributed by atoms with Crippen molar-refractivity contribution >= 4 is 28.3 Å². The second kappa shape index (κ2) is 8.28. The molecule has 0 saturated carbocycles. The monoisotopic (exact) mass is 413 g/mol. The zero-order chi connectivity index (χ0) is 22.0. The number of para-hydroxylation sites is 1. The molecule has 4 rings (SSSR count). The van der Waals surface area contributed by atoms with Gasteiger partial charge in [0.2, 0.25) is 5.76 Å². The maximum atomic E-state index is 13.2. The van der Waals surface area contributed by atoms with Gasteiger partial charge in [-0.15, -0.1) is 0 Å². The second-order valence-electron chi connectivity index (χ2n) is 7.00. The van der Waals surface area contributed by atoms with Crippen LogP contribution in [0.5, 0.6) is 0 Å². The molecule has 3 aromatic carbocycles. The fourth-order valence-corrected chi connectivity index (χ4v) is 3.43. The summed E-state index contributed by atoms with van der Waals surface area (Å²) in [5.41, 5.74) is 2.13. The number of hydrogen-bond acceptors (Lipinski definition) is 5. The first-order chi connectivity index (χ1) is 15.0. The fraction of sp³-hybridized carbons (Fsp3) is 0.0800. The van der Waals surface area contributed by atoms with Crippen LogP contribution in [-0.2, 0) is 4.74 Å². The van der Waals surface area contributed by atoms with E-state index in [0.29, 0.717) is 16.3 Å². The third kappa shape index (κ3) is 3.83. The number of amides is 1. The van der Waals surface area contributed by atoms with E-state index in [1.807, 2.05) is 31.2 Å². The lowest BCUT2D eigenvalue weighted by molar-refractivity contribution is 0.0602. The summed E-state index contributed by atoms with van der Waals surface area (Å²) in [5.74, 6) is -1.36. The number of nitrogens with one attached hydrogen (secondary N) is 1. The number of fused-ring (bicyclic) bond motifs is 1. The summed E-state index contributed by atoms with van der Waals surface area (Å²) in [4.78, 5) is 37.9. The molecule has 4 aromatic rings. The SMILES string of the molecule is COC(=O)c1ccccc1NC(=O)c1oc(=O)c2ccccc2c1-c1ccc(C)cc1. The molecule has 0 radical (unpaired) electrons. The molecule has 0 atom stereocenters. The van der Waals surface area contributed by atoms with Gasteiger partial charge >= 0.3 is 11.6 Å². The lowest BCUT2D eigenvalue weighted by atomic mass is 9.97. The van der Waals surface area contributed by atoms with E-state index in [4.69, 9.17) is 9.15 Å². The quantitative estimate of drug-likeness (QED) is 0.486. The maximum absolute atomic E-state index is 13.2. The topological polar surface area (TPSA) is 85.6 Å². The average Bonchev–Trinajstić information content (AvgIpc) is 2.79. The molecule has 6 heteroatoms. The normalized spacial score (nSPS) is 10.6. The van der Waals surface area contributed by atoms with Crippen LogP contribution in [0, 0.1) is 6.92 Å². The van der Waals surface area contributed by atoms with E-state index in [0.717, 1.165) is 11.1 Å². The average molecular weight is 413 g/mol. The number of esters is 1. The number of anilines is 1. The predicted octanol–water partition coefficient (Wildman–Crippen LogP) is 4.81. The van der Waals surface area contributed by atoms with E-state index < -0.39 is 17.5 Å². The van der Waals surface area contributed by atoms with Gasteiger partial charge in [-0.1, -0.05) is 60.2 Å². The summed E-state index contributed by atoms with van der Waals surface area (Å²) in [6.45, 7) is 1.96. The number of carbonyl (C=O) groups is 2. The van der Waals surface area contributed by atoms with E-state index in [1.165, 1.54) is 7.11 Å². The van der Waals surface area contributed by atoms with Crippen LogP contribution in [0.4, 0.5) is 5.69 Å². The zero-order valence-corrected chi connectivity index (χ0v) is 17.0. The number of hydrogen-bond donors (Lipinski definition) is 1. The number of methoxy groups -OCH3 is 1. The van der Waals surface area contributed by atoms with E-state index in [9.17, 15) is 14.4 Å². The molecule has 31 heavy (non-hydrogen) atoms. The summed E-state index contributed by atoms with van der Waals surface area (Å²) < 4.78 is 10.3. The molecule has 0 aliphatic rings. The highest BCUT2D eigenvalue weighted by atomic mass is 16.5. The van der Waals surface area contributed by atoms with Crippen molar-refractivity contribution in [2.45, 2.75) is 6.92 Å². The molecule has 0 spiro atoms. The van der Waals surface area contributed by atoms with Crippen LogP contribution in [0.2, 0.25) is 0 Å². The van der Waals surface area contributed by atoms with Gasteiger partial charge in [-0.2, -0.15) is 0 Å². The van der Waals surface area contributed by atoms with Crippen LogP contribution in [0.3, 0.4) is 0 Å². The van der Waals surface area contributed by atoms with Crippen LogP contribution >= 0.6 is 0 Å². The zero-order valence-electron chi connectivity index (χ0n) is 17.0. The molecule has 6 nitrogen and oxygen atoms in total. The van der Waals surface area contributed by atoms with Crippen LogP contribution in [0.25, 0.3) is 21.9 Å². The Kier molecular flexibility index (Phi) is 5.37. The predicted molar refractivity (Wildman–Crippen MR) is 118 cm³/mol. The molecule has 0 aliphatic carbocycles. The Labute approximate surface area is 178 Å². The van der Waals surface area contributed by atoms with Gasteiger partial charge in [0.05, 0.1) is 23.7 Å². The minimum absolute atomic E-state index is 0.132. The van der Waals surface area contributed by atoms with Crippen molar-refractivity contribution in [2.24, 2.45) is 0 Å². The van der Waals surface area contributed by atoms with Crippen LogP contribution in [0.15, 0.2) is 82.0 Å². The number of aryl methyl sites for hydroxylation is 1. The molecule has 0 aliphatic heterocycles. The Morgan fingerprint density at radius 3 is 2.23 bits per heavy atom. The van der Waals surface area contributed by atoms with Gasteiger partial charge in [0.1, 0.15) is 0 Å². The smallest absolute Gasteiger partial charge is 0.344 e. The first-order valence-corrected chi connectivity index (χ1v) is 9.61. The Morgan fingerprint density at radius 1 is 0.871 bits per heavy atom. The van der Waals surface area contributed by atoms with Crippen molar-refractivity contribution in [1.29, 1.82) is 0 Å². The van der Waals surface area contributed by atoms with Crippen LogP contribution in [-0.4, -0.2) is 19.0 Å². The van der Waals surface area contributed by atoms with Crippen molar-refractivity contribution in [1.82, 2.24) is 0 Å². The minimum Gasteiger partial charge on any atom is -0.465 e. The maximum Gasteiger partial charge on any atom is 0.344 e. The Morgan fingerprint density at radius 2 is 1.52 bits per heavy atom. The molecule has 1 aromatic heterocycles. The molecule has 1 amide bonds. The first-order valence-electron chi connectivity index (χ1n) is 9.61.